The lowest BCUT2D eigenvalue weighted by Crippen LogP contribution is -2.35. The highest BCUT2D eigenvalue weighted by molar-refractivity contribution is 5.97. The number of carbonyl (C=O) groups excluding carboxylic acids is 1. The summed E-state index contributed by atoms with van der Waals surface area (Å²) in [4.78, 5) is 20.3. The molecule has 1 aromatic carbocycles. The van der Waals surface area contributed by atoms with E-state index in [2.05, 4.69) is 16.8 Å². The van der Waals surface area contributed by atoms with Crippen LogP contribution in [0.5, 0.6) is 0 Å². The van der Waals surface area contributed by atoms with Crippen LogP contribution in [0, 0.1) is 0 Å². The monoisotopic (exact) mass is 285 g/mol. The number of nitrogens with zero attached hydrogens (tertiary/aromatic N) is 2. The first kappa shape index (κ1) is 14.1. The minimum Gasteiger partial charge on any atom is -0.361 e. The Balaban J connectivity index is 1.72. The first-order valence-corrected chi connectivity index (χ1v) is 7.86. The topological polar surface area (TPSA) is 39.3 Å². The van der Waals surface area contributed by atoms with Gasteiger partial charge in [0.15, 0.2) is 0 Å². The Hall–Kier alpha value is -1.81. The molecule has 0 spiro atoms. The summed E-state index contributed by atoms with van der Waals surface area (Å²) in [6.45, 7) is 7.14. The highest BCUT2D eigenvalue weighted by Gasteiger charge is 2.20. The van der Waals surface area contributed by atoms with Crippen LogP contribution in [-0.2, 0) is 0 Å². The smallest absolute Gasteiger partial charge is 0.253 e. The van der Waals surface area contributed by atoms with Gasteiger partial charge in [-0.2, -0.15) is 0 Å². The minimum absolute atomic E-state index is 0.157. The van der Waals surface area contributed by atoms with Gasteiger partial charge in [-0.05, 0) is 49.5 Å². The third kappa shape index (κ3) is 3.10. The van der Waals surface area contributed by atoms with Crippen molar-refractivity contribution in [3.05, 3.63) is 36.0 Å². The van der Waals surface area contributed by atoms with E-state index in [1.165, 1.54) is 6.42 Å². The Morgan fingerprint density at radius 2 is 2.10 bits per heavy atom. The molecular formula is C17H23N3O. The van der Waals surface area contributed by atoms with Gasteiger partial charge in [-0.3, -0.25) is 4.79 Å². The number of H-pyrrole nitrogens is 1. The van der Waals surface area contributed by atoms with Gasteiger partial charge in [0.2, 0.25) is 0 Å². The van der Waals surface area contributed by atoms with Crippen molar-refractivity contribution in [3.8, 4) is 0 Å². The molecular weight excluding hydrogens is 262 g/mol. The Morgan fingerprint density at radius 1 is 1.19 bits per heavy atom. The predicted octanol–water partition coefficient (Wildman–Crippen LogP) is 2.73. The highest BCUT2D eigenvalue weighted by atomic mass is 16.2. The zero-order valence-electron chi connectivity index (χ0n) is 12.6. The quantitative estimate of drug-likeness (QED) is 0.942. The first-order valence-electron chi connectivity index (χ1n) is 7.86. The minimum atomic E-state index is 0.157. The maximum absolute atomic E-state index is 12.7. The standard InChI is InChI=1S/C17H23N3O/c1-2-8-19-9-3-10-20(12-11-19)17(21)15-5-4-14-6-7-18-16(14)13-15/h4-7,13,18H,2-3,8-12H2,1H3. The van der Waals surface area contributed by atoms with Crippen LogP contribution < -0.4 is 0 Å². The van der Waals surface area contributed by atoms with Crippen LogP contribution in [0.25, 0.3) is 10.9 Å². The van der Waals surface area contributed by atoms with Gasteiger partial charge in [0.25, 0.3) is 5.91 Å². The molecule has 3 rings (SSSR count). The van der Waals surface area contributed by atoms with Crippen LogP contribution in [-0.4, -0.2) is 53.4 Å². The number of hydrogen-bond acceptors (Lipinski definition) is 2. The van der Waals surface area contributed by atoms with E-state index < -0.39 is 0 Å². The summed E-state index contributed by atoms with van der Waals surface area (Å²) >= 11 is 0. The molecule has 21 heavy (non-hydrogen) atoms. The van der Waals surface area contributed by atoms with Crippen LogP contribution >= 0.6 is 0 Å². The van der Waals surface area contributed by atoms with E-state index >= 15 is 0 Å². The van der Waals surface area contributed by atoms with Gasteiger partial charge in [0.1, 0.15) is 0 Å². The molecule has 0 bridgehead atoms. The number of nitrogens with one attached hydrogen (secondary N) is 1. The van der Waals surface area contributed by atoms with Crippen molar-refractivity contribution < 1.29 is 4.79 Å². The van der Waals surface area contributed by atoms with Gasteiger partial charge >= 0.3 is 0 Å². The average Bonchev–Trinajstić information content (AvgIpc) is 2.85. The average molecular weight is 285 g/mol. The van der Waals surface area contributed by atoms with Crippen LogP contribution in [0.2, 0.25) is 0 Å². The van der Waals surface area contributed by atoms with Crippen molar-refractivity contribution in [1.82, 2.24) is 14.8 Å². The summed E-state index contributed by atoms with van der Waals surface area (Å²) in [6.07, 6.45) is 4.15. The van der Waals surface area contributed by atoms with E-state index in [0.717, 1.165) is 55.6 Å². The lowest BCUT2D eigenvalue weighted by molar-refractivity contribution is 0.0761. The fourth-order valence-corrected chi connectivity index (χ4v) is 3.08. The van der Waals surface area contributed by atoms with Crippen molar-refractivity contribution in [2.24, 2.45) is 0 Å². The number of aromatic amines is 1. The van der Waals surface area contributed by atoms with E-state index in [-0.39, 0.29) is 5.91 Å². The van der Waals surface area contributed by atoms with E-state index in [1.54, 1.807) is 0 Å². The van der Waals surface area contributed by atoms with Crippen molar-refractivity contribution in [3.63, 3.8) is 0 Å². The van der Waals surface area contributed by atoms with Crippen molar-refractivity contribution in [2.75, 3.05) is 32.7 Å². The number of amides is 1. The predicted molar refractivity (Wildman–Crippen MR) is 85.6 cm³/mol. The highest BCUT2D eigenvalue weighted by Crippen LogP contribution is 2.16. The fraction of sp³-hybridized carbons (Fsp3) is 0.471. The third-order valence-corrected chi connectivity index (χ3v) is 4.22. The van der Waals surface area contributed by atoms with E-state index in [1.807, 2.05) is 35.4 Å². The molecule has 4 heteroatoms. The molecule has 0 atom stereocenters. The van der Waals surface area contributed by atoms with E-state index in [9.17, 15) is 4.79 Å². The first-order chi connectivity index (χ1) is 10.3. The van der Waals surface area contributed by atoms with Crippen LogP contribution in [0.1, 0.15) is 30.1 Å². The molecule has 0 saturated carbocycles. The molecule has 0 aliphatic carbocycles. The molecule has 1 amide bonds. The summed E-state index contributed by atoms with van der Waals surface area (Å²) in [6, 6.07) is 7.94. The largest absolute Gasteiger partial charge is 0.361 e. The van der Waals surface area contributed by atoms with Crippen LogP contribution in [0.3, 0.4) is 0 Å². The van der Waals surface area contributed by atoms with Gasteiger partial charge in [-0.1, -0.05) is 13.0 Å². The van der Waals surface area contributed by atoms with E-state index in [4.69, 9.17) is 0 Å². The van der Waals surface area contributed by atoms with Crippen LogP contribution in [0.15, 0.2) is 30.5 Å². The number of hydrogen-bond donors (Lipinski definition) is 1. The molecule has 0 radical (unpaired) electrons. The van der Waals surface area contributed by atoms with Gasteiger partial charge in [0, 0.05) is 36.9 Å². The molecule has 0 unspecified atom stereocenters. The van der Waals surface area contributed by atoms with E-state index in [0.29, 0.717) is 0 Å². The molecule has 1 N–H and O–H groups in total. The molecule has 1 saturated heterocycles. The number of benzene rings is 1. The normalized spacial score (nSPS) is 17.1. The SMILES string of the molecule is CCCN1CCCN(C(=O)c2ccc3cc[nH]c3c2)CC1. The van der Waals surface area contributed by atoms with Crippen LogP contribution in [0.4, 0.5) is 0 Å². The Morgan fingerprint density at radius 3 is 2.95 bits per heavy atom. The molecule has 4 nitrogen and oxygen atoms in total. The number of carbonyl (C=O) groups is 1. The van der Waals surface area contributed by atoms with Gasteiger partial charge in [0.05, 0.1) is 0 Å². The Labute approximate surface area is 125 Å². The Bertz CT molecular complexity index is 619. The lowest BCUT2D eigenvalue weighted by Gasteiger charge is -2.21. The molecule has 1 aliphatic heterocycles. The zero-order valence-corrected chi connectivity index (χ0v) is 12.6. The fourth-order valence-electron chi connectivity index (χ4n) is 3.08. The number of rotatable bonds is 3. The summed E-state index contributed by atoms with van der Waals surface area (Å²) in [5, 5.41) is 1.15. The number of fused-ring (bicyclic) bond motifs is 1. The zero-order chi connectivity index (χ0) is 14.7. The van der Waals surface area contributed by atoms with Gasteiger partial charge in [-0.25, -0.2) is 0 Å². The number of aromatic nitrogens is 1. The van der Waals surface area contributed by atoms with Crippen molar-refractivity contribution >= 4 is 16.8 Å². The maximum atomic E-state index is 12.7. The third-order valence-electron chi connectivity index (χ3n) is 4.22. The molecule has 1 fully saturated rings. The molecule has 112 valence electrons. The summed E-state index contributed by atoms with van der Waals surface area (Å²) in [5.74, 6) is 0.157. The Kier molecular flexibility index (Phi) is 4.25. The van der Waals surface area contributed by atoms with Gasteiger partial charge < -0.3 is 14.8 Å². The van der Waals surface area contributed by atoms with Crippen molar-refractivity contribution in [2.45, 2.75) is 19.8 Å². The summed E-state index contributed by atoms with van der Waals surface area (Å²) in [5.41, 5.74) is 1.82. The maximum Gasteiger partial charge on any atom is 0.253 e. The molecule has 2 aromatic rings. The van der Waals surface area contributed by atoms with Gasteiger partial charge in [-0.15, -0.1) is 0 Å². The summed E-state index contributed by atoms with van der Waals surface area (Å²) < 4.78 is 0. The molecule has 1 aliphatic rings. The second kappa shape index (κ2) is 6.31. The second-order valence-electron chi connectivity index (χ2n) is 5.77. The lowest BCUT2D eigenvalue weighted by atomic mass is 10.1. The van der Waals surface area contributed by atoms with Crippen molar-refractivity contribution in [1.29, 1.82) is 0 Å². The molecule has 1 aromatic heterocycles. The molecule has 2 heterocycles. The second-order valence-corrected chi connectivity index (χ2v) is 5.77. The summed E-state index contributed by atoms with van der Waals surface area (Å²) in [7, 11) is 0.